The fourth-order valence-electron chi connectivity index (χ4n) is 2.77. The summed E-state index contributed by atoms with van der Waals surface area (Å²) in [5, 5.41) is 0. The average Bonchev–Trinajstić information content (AvgIpc) is 2.25. The van der Waals surface area contributed by atoms with Crippen LogP contribution in [-0.4, -0.2) is 24.3 Å². The summed E-state index contributed by atoms with van der Waals surface area (Å²) in [6.07, 6.45) is 0. The molecule has 0 radical (unpaired) electrons. The van der Waals surface area contributed by atoms with Gasteiger partial charge in [-0.2, -0.15) is 0 Å². The predicted octanol–water partition coefficient (Wildman–Crippen LogP) is 3.82. The number of anilines is 1. The van der Waals surface area contributed by atoms with E-state index in [1.165, 1.54) is 5.69 Å². The van der Waals surface area contributed by atoms with Crippen molar-refractivity contribution >= 4 is 17.3 Å². The van der Waals surface area contributed by atoms with Crippen LogP contribution >= 0.6 is 11.6 Å². The van der Waals surface area contributed by atoms with Gasteiger partial charge in [0.1, 0.15) is 0 Å². The number of benzene rings is 1. The molecule has 0 aromatic heterocycles. The highest BCUT2D eigenvalue weighted by atomic mass is 35.5. The number of morpholine rings is 1. The van der Waals surface area contributed by atoms with Gasteiger partial charge in [0.25, 0.3) is 0 Å². The lowest BCUT2D eigenvalue weighted by atomic mass is 9.98. The molecule has 3 heteroatoms. The van der Waals surface area contributed by atoms with Crippen molar-refractivity contribution in [3.8, 4) is 0 Å². The van der Waals surface area contributed by atoms with Crippen LogP contribution in [0.5, 0.6) is 0 Å². The number of halogens is 1. The molecular weight excluding hydrogens is 246 g/mol. The lowest BCUT2D eigenvalue weighted by Gasteiger charge is -2.48. The summed E-state index contributed by atoms with van der Waals surface area (Å²) < 4.78 is 6.09. The van der Waals surface area contributed by atoms with Crippen LogP contribution in [0, 0.1) is 0 Å². The second kappa shape index (κ2) is 4.75. The zero-order valence-corrected chi connectivity index (χ0v) is 12.4. The van der Waals surface area contributed by atoms with Gasteiger partial charge < -0.3 is 9.64 Å². The molecule has 0 bridgehead atoms. The SMILES string of the molecule is CC1(C)CN(c2ccc(CCl)cc2)CC(C)(C)O1. The smallest absolute Gasteiger partial charge is 0.0808 e. The average molecular weight is 268 g/mol. The van der Waals surface area contributed by atoms with Crippen molar-refractivity contribution in [1.82, 2.24) is 0 Å². The number of alkyl halides is 1. The summed E-state index contributed by atoms with van der Waals surface area (Å²) in [6, 6.07) is 8.49. The second-order valence-corrected chi connectivity index (χ2v) is 6.54. The number of hydrogen-bond donors (Lipinski definition) is 0. The molecule has 1 aliphatic rings. The quantitative estimate of drug-likeness (QED) is 0.756. The van der Waals surface area contributed by atoms with Crippen LogP contribution in [0.15, 0.2) is 24.3 Å². The van der Waals surface area contributed by atoms with E-state index < -0.39 is 0 Å². The van der Waals surface area contributed by atoms with E-state index in [1.54, 1.807) is 0 Å². The zero-order chi connectivity index (χ0) is 13.4. The first-order valence-electron chi connectivity index (χ1n) is 6.41. The third-order valence-corrected chi connectivity index (χ3v) is 3.46. The molecule has 1 heterocycles. The van der Waals surface area contributed by atoms with Gasteiger partial charge in [-0.3, -0.25) is 0 Å². The lowest BCUT2D eigenvalue weighted by molar-refractivity contribution is -0.133. The zero-order valence-electron chi connectivity index (χ0n) is 11.7. The van der Waals surface area contributed by atoms with E-state index in [0.29, 0.717) is 5.88 Å². The number of hydrogen-bond acceptors (Lipinski definition) is 2. The Morgan fingerprint density at radius 1 is 1.06 bits per heavy atom. The Kier molecular flexibility index (Phi) is 3.61. The van der Waals surface area contributed by atoms with Crippen LogP contribution in [0.25, 0.3) is 0 Å². The van der Waals surface area contributed by atoms with Crippen molar-refractivity contribution < 1.29 is 4.74 Å². The fraction of sp³-hybridized carbons (Fsp3) is 0.600. The summed E-state index contributed by atoms with van der Waals surface area (Å²) in [7, 11) is 0. The van der Waals surface area contributed by atoms with Crippen LogP contribution in [0.2, 0.25) is 0 Å². The molecule has 0 spiro atoms. The minimum Gasteiger partial charge on any atom is -0.366 e. The van der Waals surface area contributed by atoms with E-state index in [9.17, 15) is 0 Å². The van der Waals surface area contributed by atoms with E-state index in [4.69, 9.17) is 16.3 Å². The Morgan fingerprint density at radius 2 is 1.56 bits per heavy atom. The maximum Gasteiger partial charge on any atom is 0.0808 e. The summed E-state index contributed by atoms with van der Waals surface area (Å²) in [5.41, 5.74) is 2.17. The highest BCUT2D eigenvalue weighted by molar-refractivity contribution is 6.17. The monoisotopic (exact) mass is 267 g/mol. The van der Waals surface area contributed by atoms with E-state index in [2.05, 4.69) is 56.9 Å². The molecule has 2 rings (SSSR count). The molecular formula is C15H22ClNO. The maximum absolute atomic E-state index is 6.09. The van der Waals surface area contributed by atoms with Crippen molar-refractivity contribution in [3.05, 3.63) is 29.8 Å². The molecule has 1 aromatic carbocycles. The number of rotatable bonds is 2. The predicted molar refractivity (Wildman–Crippen MR) is 77.5 cm³/mol. The standard InChI is InChI=1S/C15H22ClNO/c1-14(2)10-17(11-15(3,4)18-14)13-7-5-12(9-16)6-8-13/h5-8H,9-11H2,1-4H3. The lowest BCUT2D eigenvalue weighted by Crippen LogP contribution is -2.57. The molecule has 2 nitrogen and oxygen atoms in total. The third-order valence-electron chi connectivity index (χ3n) is 3.15. The summed E-state index contributed by atoms with van der Waals surface area (Å²) in [5.74, 6) is 0.570. The van der Waals surface area contributed by atoms with Crippen LogP contribution in [0.3, 0.4) is 0 Å². The summed E-state index contributed by atoms with van der Waals surface area (Å²) >= 11 is 5.82. The van der Waals surface area contributed by atoms with Crippen LogP contribution in [0.4, 0.5) is 5.69 Å². The Morgan fingerprint density at radius 3 is 2.00 bits per heavy atom. The van der Waals surface area contributed by atoms with Crippen molar-refractivity contribution in [2.75, 3.05) is 18.0 Å². The van der Waals surface area contributed by atoms with Gasteiger partial charge >= 0.3 is 0 Å². The van der Waals surface area contributed by atoms with Gasteiger partial charge in [0.15, 0.2) is 0 Å². The highest BCUT2D eigenvalue weighted by Gasteiger charge is 2.38. The van der Waals surface area contributed by atoms with Crippen molar-refractivity contribution in [3.63, 3.8) is 0 Å². The Balaban J connectivity index is 2.21. The van der Waals surface area contributed by atoms with Crippen LogP contribution in [0.1, 0.15) is 33.3 Å². The van der Waals surface area contributed by atoms with E-state index >= 15 is 0 Å². The first kappa shape index (κ1) is 13.7. The van der Waals surface area contributed by atoms with E-state index in [-0.39, 0.29) is 11.2 Å². The van der Waals surface area contributed by atoms with Crippen molar-refractivity contribution in [2.24, 2.45) is 0 Å². The normalized spacial score (nSPS) is 21.9. The topological polar surface area (TPSA) is 12.5 Å². The van der Waals surface area contributed by atoms with Crippen LogP contribution < -0.4 is 4.90 Å². The molecule has 0 unspecified atom stereocenters. The largest absolute Gasteiger partial charge is 0.366 e. The van der Waals surface area contributed by atoms with Gasteiger partial charge in [-0.25, -0.2) is 0 Å². The molecule has 1 fully saturated rings. The molecule has 0 amide bonds. The second-order valence-electron chi connectivity index (χ2n) is 6.28. The first-order valence-corrected chi connectivity index (χ1v) is 6.95. The molecule has 1 saturated heterocycles. The maximum atomic E-state index is 6.09. The van der Waals surface area contributed by atoms with Gasteiger partial charge in [0.05, 0.1) is 11.2 Å². The molecule has 1 aliphatic heterocycles. The Labute approximate surface area is 115 Å². The Hall–Kier alpha value is -0.730. The van der Waals surface area contributed by atoms with Crippen LogP contribution in [-0.2, 0) is 10.6 Å². The minimum absolute atomic E-state index is 0.118. The van der Waals surface area contributed by atoms with Gasteiger partial charge in [-0.1, -0.05) is 12.1 Å². The summed E-state index contributed by atoms with van der Waals surface area (Å²) in [4.78, 5) is 2.39. The molecule has 0 atom stereocenters. The highest BCUT2D eigenvalue weighted by Crippen LogP contribution is 2.31. The van der Waals surface area contributed by atoms with Gasteiger partial charge in [-0.15, -0.1) is 11.6 Å². The van der Waals surface area contributed by atoms with Crippen molar-refractivity contribution in [2.45, 2.75) is 44.8 Å². The van der Waals surface area contributed by atoms with E-state index in [1.807, 2.05) is 0 Å². The molecule has 18 heavy (non-hydrogen) atoms. The third kappa shape index (κ3) is 3.18. The fourth-order valence-corrected chi connectivity index (χ4v) is 2.94. The van der Waals surface area contributed by atoms with Crippen molar-refractivity contribution in [1.29, 1.82) is 0 Å². The Bertz CT molecular complexity index is 395. The van der Waals surface area contributed by atoms with Gasteiger partial charge in [0, 0.05) is 24.7 Å². The molecule has 0 saturated carbocycles. The van der Waals surface area contributed by atoms with E-state index in [0.717, 1.165) is 18.7 Å². The van der Waals surface area contributed by atoms with Gasteiger partial charge in [-0.05, 0) is 45.4 Å². The van der Waals surface area contributed by atoms with Gasteiger partial charge in [0.2, 0.25) is 0 Å². The molecule has 100 valence electrons. The first-order chi connectivity index (χ1) is 8.31. The molecule has 0 N–H and O–H groups in total. The minimum atomic E-state index is -0.118. The molecule has 0 aliphatic carbocycles. The number of ether oxygens (including phenoxy) is 1. The summed E-state index contributed by atoms with van der Waals surface area (Å²) in [6.45, 7) is 10.4. The number of nitrogens with zero attached hydrogens (tertiary/aromatic N) is 1. The molecule has 1 aromatic rings.